The minimum atomic E-state index is -0.170. The molecular formula is C13H16N2O3. The smallest absolute Gasteiger partial charge is 0.260 e. The lowest BCUT2D eigenvalue weighted by atomic mass is 10.2. The molecule has 0 aliphatic rings. The molecule has 0 saturated heterocycles. The summed E-state index contributed by atoms with van der Waals surface area (Å²) in [6, 6.07) is 8.56. The van der Waals surface area contributed by atoms with Crippen molar-refractivity contribution in [3.8, 4) is 11.8 Å². The van der Waals surface area contributed by atoms with Crippen molar-refractivity contribution in [2.24, 2.45) is 0 Å². The monoisotopic (exact) mass is 248 g/mol. The molecular weight excluding hydrogens is 232 g/mol. The first-order valence-electron chi connectivity index (χ1n) is 5.72. The van der Waals surface area contributed by atoms with Gasteiger partial charge in [-0.25, -0.2) is 0 Å². The number of aliphatic hydroxyl groups is 1. The summed E-state index contributed by atoms with van der Waals surface area (Å²) in [6.07, 6.45) is 0. The van der Waals surface area contributed by atoms with E-state index in [1.54, 1.807) is 24.3 Å². The van der Waals surface area contributed by atoms with Gasteiger partial charge in [-0.3, -0.25) is 4.79 Å². The van der Waals surface area contributed by atoms with Crippen LogP contribution in [0, 0.1) is 11.3 Å². The maximum Gasteiger partial charge on any atom is 0.260 e. The highest BCUT2D eigenvalue weighted by atomic mass is 16.5. The lowest BCUT2D eigenvalue weighted by Crippen LogP contribution is -2.36. The van der Waals surface area contributed by atoms with Crippen LogP contribution in [-0.4, -0.2) is 42.2 Å². The van der Waals surface area contributed by atoms with E-state index < -0.39 is 0 Å². The van der Waals surface area contributed by atoms with Gasteiger partial charge in [-0.15, -0.1) is 0 Å². The molecule has 0 heterocycles. The van der Waals surface area contributed by atoms with Crippen molar-refractivity contribution < 1.29 is 14.6 Å². The van der Waals surface area contributed by atoms with Gasteiger partial charge in [-0.2, -0.15) is 5.26 Å². The Balaban J connectivity index is 2.48. The van der Waals surface area contributed by atoms with Crippen molar-refractivity contribution in [2.75, 3.05) is 26.3 Å². The Hall–Kier alpha value is -2.06. The maximum absolute atomic E-state index is 11.7. The Morgan fingerprint density at radius 1 is 1.44 bits per heavy atom. The van der Waals surface area contributed by atoms with Gasteiger partial charge in [0.05, 0.1) is 18.2 Å². The van der Waals surface area contributed by atoms with Crippen LogP contribution in [0.4, 0.5) is 0 Å². The predicted octanol–water partition coefficient (Wildman–Crippen LogP) is 0.778. The first-order chi connectivity index (χ1) is 8.71. The summed E-state index contributed by atoms with van der Waals surface area (Å²) in [4.78, 5) is 13.2. The van der Waals surface area contributed by atoms with E-state index in [1.807, 2.05) is 13.0 Å². The molecule has 0 saturated carbocycles. The number of hydrogen-bond donors (Lipinski definition) is 1. The van der Waals surface area contributed by atoms with Gasteiger partial charge in [-0.05, 0) is 31.2 Å². The zero-order valence-corrected chi connectivity index (χ0v) is 10.3. The third-order valence-corrected chi connectivity index (χ3v) is 2.45. The van der Waals surface area contributed by atoms with E-state index >= 15 is 0 Å². The van der Waals surface area contributed by atoms with Crippen molar-refractivity contribution in [3.63, 3.8) is 0 Å². The minimum absolute atomic E-state index is 0.0591. The Morgan fingerprint density at radius 2 is 2.11 bits per heavy atom. The van der Waals surface area contributed by atoms with Crippen LogP contribution < -0.4 is 4.74 Å². The lowest BCUT2D eigenvalue weighted by molar-refractivity contribution is -0.133. The number of carbonyl (C=O) groups is 1. The molecule has 0 aliphatic carbocycles. The number of aliphatic hydroxyl groups excluding tert-OH is 1. The fourth-order valence-electron chi connectivity index (χ4n) is 1.44. The van der Waals surface area contributed by atoms with Gasteiger partial charge in [0.15, 0.2) is 6.61 Å². The van der Waals surface area contributed by atoms with E-state index in [2.05, 4.69) is 0 Å². The summed E-state index contributed by atoms with van der Waals surface area (Å²) < 4.78 is 5.31. The van der Waals surface area contributed by atoms with Gasteiger partial charge in [-0.1, -0.05) is 0 Å². The Labute approximate surface area is 106 Å². The Morgan fingerprint density at radius 3 is 2.61 bits per heavy atom. The summed E-state index contributed by atoms with van der Waals surface area (Å²) in [5.41, 5.74) is 0.546. The molecule has 0 spiro atoms. The third-order valence-electron chi connectivity index (χ3n) is 2.45. The maximum atomic E-state index is 11.7. The number of nitriles is 1. The standard InChI is InChI=1S/C13H16N2O3/c1-2-15(7-8-16)13(17)10-18-12-5-3-11(9-14)4-6-12/h3-6,16H,2,7-8,10H2,1H3. The van der Waals surface area contributed by atoms with Gasteiger partial charge in [0.1, 0.15) is 5.75 Å². The molecule has 1 amide bonds. The normalized spacial score (nSPS) is 9.61. The van der Waals surface area contributed by atoms with E-state index in [-0.39, 0.29) is 19.1 Å². The topological polar surface area (TPSA) is 73.6 Å². The van der Waals surface area contributed by atoms with Crippen LogP contribution in [0.2, 0.25) is 0 Å². The summed E-state index contributed by atoms with van der Waals surface area (Å²) in [5, 5.41) is 17.4. The van der Waals surface area contributed by atoms with Crippen molar-refractivity contribution in [1.82, 2.24) is 4.90 Å². The first-order valence-corrected chi connectivity index (χ1v) is 5.72. The highest BCUT2D eigenvalue weighted by molar-refractivity contribution is 5.77. The van der Waals surface area contributed by atoms with Crippen LogP contribution in [-0.2, 0) is 4.79 Å². The van der Waals surface area contributed by atoms with E-state index in [0.717, 1.165) is 0 Å². The molecule has 0 atom stereocenters. The molecule has 5 nitrogen and oxygen atoms in total. The SMILES string of the molecule is CCN(CCO)C(=O)COc1ccc(C#N)cc1. The number of amides is 1. The van der Waals surface area contributed by atoms with Crippen molar-refractivity contribution in [3.05, 3.63) is 29.8 Å². The average molecular weight is 248 g/mol. The highest BCUT2D eigenvalue weighted by Crippen LogP contribution is 2.11. The third kappa shape index (κ3) is 4.07. The van der Waals surface area contributed by atoms with Crippen LogP contribution in [0.25, 0.3) is 0 Å². The molecule has 18 heavy (non-hydrogen) atoms. The molecule has 0 bridgehead atoms. The van der Waals surface area contributed by atoms with E-state index in [4.69, 9.17) is 15.1 Å². The second kappa shape index (κ2) is 7.30. The molecule has 0 unspecified atom stereocenters. The van der Waals surface area contributed by atoms with E-state index in [0.29, 0.717) is 24.4 Å². The molecule has 1 N–H and O–H groups in total. The molecule has 1 rings (SSSR count). The Bertz CT molecular complexity index is 423. The Kier molecular flexibility index (Phi) is 5.68. The van der Waals surface area contributed by atoms with Crippen LogP contribution in [0.3, 0.4) is 0 Å². The summed E-state index contributed by atoms with van der Waals surface area (Å²) >= 11 is 0. The number of hydrogen-bond acceptors (Lipinski definition) is 4. The molecule has 1 aromatic rings. The quantitative estimate of drug-likeness (QED) is 0.807. The van der Waals surface area contributed by atoms with E-state index in [9.17, 15) is 4.79 Å². The number of ether oxygens (including phenoxy) is 1. The molecule has 0 aromatic heterocycles. The molecule has 96 valence electrons. The van der Waals surface area contributed by atoms with Gasteiger partial charge in [0, 0.05) is 13.1 Å². The largest absolute Gasteiger partial charge is 0.484 e. The number of carbonyl (C=O) groups excluding carboxylic acids is 1. The minimum Gasteiger partial charge on any atom is -0.484 e. The average Bonchev–Trinajstić information content (AvgIpc) is 2.42. The second-order valence-corrected chi connectivity index (χ2v) is 3.62. The van der Waals surface area contributed by atoms with Gasteiger partial charge in [0.2, 0.25) is 0 Å². The van der Waals surface area contributed by atoms with Crippen molar-refractivity contribution >= 4 is 5.91 Å². The summed E-state index contributed by atoms with van der Waals surface area (Å²) in [6.45, 7) is 2.56. The van der Waals surface area contributed by atoms with Crippen LogP contribution in [0.5, 0.6) is 5.75 Å². The van der Waals surface area contributed by atoms with Crippen LogP contribution in [0.1, 0.15) is 12.5 Å². The van der Waals surface area contributed by atoms with Crippen molar-refractivity contribution in [1.29, 1.82) is 5.26 Å². The molecule has 5 heteroatoms. The van der Waals surface area contributed by atoms with Gasteiger partial charge < -0.3 is 14.7 Å². The first kappa shape index (κ1) is 14.0. The summed E-state index contributed by atoms with van der Waals surface area (Å²) in [7, 11) is 0. The zero-order chi connectivity index (χ0) is 13.4. The highest BCUT2D eigenvalue weighted by Gasteiger charge is 2.11. The number of nitrogens with zero attached hydrogens (tertiary/aromatic N) is 2. The summed E-state index contributed by atoms with van der Waals surface area (Å²) in [5.74, 6) is 0.373. The number of rotatable bonds is 6. The fourth-order valence-corrected chi connectivity index (χ4v) is 1.44. The fraction of sp³-hybridized carbons (Fsp3) is 0.385. The lowest BCUT2D eigenvalue weighted by Gasteiger charge is -2.19. The predicted molar refractivity (Wildman–Crippen MR) is 66.0 cm³/mol. The zero-order valence-electron chi connectivity index (χ0n) is 10.3. The van der Waals surface area contributed by atoms with Gasteiger partial charge >= 0.3 is 0 Å². The van der Waals surface area contributed by atoms with E-state index in [1.165, 1.54) is 4.90 Å². The number of benzene rings is 1. The molecule has 0 aliphatic heterocycles. The molecule has 0 fully saturated rings. The van der Waals surface area contributed by atoms with Crippen LogP contribution >= 0.6 is 0 Å². The molecule has 1 aromatic carbocycles. The van der Waals surface area contributed by atoms with Crippen LogP contribution in [0.15, 0.2) is 24.3 Å². The van der Waals surface area contributed by atoms with Crippen molar-refractivity contribution in [2.45, 2.75) is 6.92 Å². The second-order valence-electron chi connectivity index (χ2n) is 3.62. The van der Waals surface area contributed by atoms with Gasteiger partial charge in [0.25, 0.3) is 5.91 Å². The molecule has 0 radical (unpaired) electrons. The number of likely N-dealkylation sites (N-methyl/N-ethyl adjacent to an activating group) is 1.